The molecule has 1 aliphatic rings. The standard InChI is InChI=1S/C17H25FN4O2/c1-22(2)16(23)11-21-17(19-9-13-7-8-24-12-13)20-10-14-5-3-4-6-15(14)18/h3-6,13H,7-12H2,1-2H3,(H2,19,20,21). The molecule has 6 nitrogen and oxygen atoms in total. The van der Waals surface area contributed by atoms with Gasteiger partial charge in [-0.15, -0.1) is 0 Å². The van der Waals surface area contributed by atoms with Gasteiger partial charge in [0.05, 0.1) is 19.7 Å². The summed E-state index contributed by atoms with van der Waals surface area (Å²) in [5, 5.41) is 6.21. The zero-order valence-electron chi connectivity index (χ0n) is 14.2. The fourth-order valence-corrected chi connectivity index (χ4v) is 2.27. The molecule has 1 heterocycles. The summed E-state index contributed by atoms with van der Waals surface area (Å²) in [4.78, 5) is 17.6. The molecule has 0 bridgehead atoms. The first-order chi connectivity index (χ1) is 11.6. The lowest BCUT2D eigenvalue weighted by Crippen LogP contribution is -2.44. The minimum atomic E-state index is -0.283. The third-order valence-electron chi connectivity index (χ3n) is 3.85. The summed E-state index contributed by atoms with van der Waals surface area (Å²) < 4.78 is 19.1. The van der Waals surface area contributed by atoms with Crippen molar-refractivity contribution in [3.8, 4) is 0 Å². The number of guanidine groups is 1. The van der Waals surface area contributed by atoms with E-state index in [0.717, 1.165) is 19.6 Å². The molecular formula is C17H25FN4O2. The zero-order chi connectivity index (χ0) is 17.4. The second-order valence-electron chi connectivity index (χ2n) is 6.01. The van der Waals surface area contributed by atoms with E-state index in [1.165, 1.54) is 11.0 Å². The average molecular weight is 336 g/mol. The van der Waals surface area contributed by atoms with Gasteiger partial charge in [-0.3, -0.25) is 4.79 Å². The van der Waals surface area contributed by atoms with Crippen molar-refractivity contribution in [1.29, 1.82) is 0 Å². The number of aliphatic imine (C=N–C) groups is 1. The molecule has 1 aromatic carbocycles. The normalized spacial score (nSPS) is 17.6. The van der Waals surface area contributed by atoms with Crippen LogP contribution in [0.5, 0.6) is 0 Å². The van der Waals surface area contributed by atoms with E-state index in [2.05, 4.69) is 15.6 Å². The van der Waals surface area contributed by atoms with Crippen molar-refractivity contribution in [3.63, 3.8) is 0 Å². The minimum absolute atomic E-state index is 0.0559. The number of halogens is 1. The van der Waals surface area contributed by atoms with Crippen molar-refractivity contribution >= 4 is 11.9 Å². The second-order valence-corrected chi connectivity index (χ2v) is 6.01. The fourth-order valence-electron chi connectivity index (χ4n) is 2.27. The number of amides is 1. The Bertz CT molecular complexity index is 571. The van der Waals surface area contributed by atoms with Gasteiger partial charge < -0.3 is 20.3 Å². The van der Waals surface area contributed by atoms with Crippen molar-refractivity contribution in [1.82, 2.24) is 15.5 Å². The van der Waals surface area contributed by atoms with Crippen LogP contribution in [-0.4, -0.2) is 57.2 Å². The fraction of sp³-hybridized carbons (Fsp3) is 0.529. The molecule has 0 spiro atoms. The van der Waals surface area contributed by atoms with Gasteiger partial charge in [0.25, 0.3) is 0 Å². The number of nitrogens with zero attached hydrogens (tertiary/aromatic N) is 2. The molecule has 132 valence electrons. The molecule has 1 aliphatic heterocycles. The van der Waals surface area contributed by atoms with Gasteiger partial charge in [0.2, 0.25) is 5.91 Å². The summed E-state index contributed by atoms with van der Waals surface area (Å²) in [5.41, 5.74) is 0.515. The van der Waals surface area contributed by atoms with E-state index in [0.29, 0.717) is 24.0 Å². The van der Waals surface area contributed by atoms with E-state index < -0.39 is 0 Å². The molecule has 0 aliphatic carbocycles. The highest BCUT2D eigenvalue weighted by molar-refractivity contribution is 5.86. The minimum Gasteiger partial charge on any atom is -0.381 e. The SMILES string of the molecule is CN(C)C(=O)CNC(=NCc1ccccc1F)NCC1CCOC1. The van der Waals surface area contributed by atoms with Crippen LogP contribution in [0, 0.1) is 11.7 Å². The van der Waals surface area contributed by atoms with Gasteiger partial charge in [-0.05, 0) is 12.5 Å². The van der Waals surface area contributed by atoms with Gasteiger partial charge in [-0.1, -0.05) is 18.2 Å². The Balaban J connectivity index is 1.95. The molecule has 0 saturated carbocycles. The highest BCUT2D eigenvalue weighted by atomic mass is 19.1. The monoisotopic (exact) mass is 336 g/mol. The lowest BCUT2D eigenvalue weighted by atomic mass is 10.1. The molecular weight excluding hydrogens is 311 g/mol. The number of likely N-dealkylation sites (N-methyl/N-ethyl adjacent to an activating group) is 1. The average Bonchev–Trinajstić information content (AvgIpc) is 3.08. The lowest BCUT2D eigenvalue weighted by Gasteiger charge is -2.16. The second kappa shape index (κ2) is 9.22. The number of ether oxygens (including phenoxy) is 1. The van der Waals surface area contributed by atoms with Crippen LogP contribution in [0.2, 0.25) is 0 Å². The molecule has 1 aromatic rings. The van der Waals surface area contributed by atoms with Gasteiger partial charge in [-0.25, -0.2) is 9.38 Å². The Morgan fingerprint density at radius 2 is 2.17 bits per heavy atom. The van der Waals surface area contributed by atoms with E-state index in [4.69, 9.17) is 4.74 Å². The Labute approximate surface area is 142 Å². The summed E-state index contributed by atoms with van der Waals surface area (Å²) in [7, 11) is 3.40. The van der Waals surface area contributed by atoms with Crippen LogP contribution in [-0.2, 0) is 16.1 Å². The van der Waals surface area contributed by atoms with Crippen LogP contribution >= 0.6 is 0 Å². The largest absolute Gasteiger partial charge is 0.381 e. The van der Waals surface area contributed by atoms with Crippen molar-refractivity contribution in [2.24, 2.45) is 10.9 Å². The molecule has 1 saturated heterocycles. The molecule has 2 N–H and O–H groups in total. The first-order valence-corrected chi connectivity index (χ1v) is 8.09. The highest BCUT2D eigenvalue weighted by Gasteiger charge is 2.16. The van der Waals surface area contributed by atoms with Crippen molar-refractivity contribution in [2.45, 2.75) is 13.0 Å². The molecule has 7 heteroatoms. The first kappa shape index (κ1) is 18.2. The number of hydrogen-bond acceptors (Lipinski definition) is 3. The predicted octanol–water partition coefficient (Wildman–Crippen LogP) is 0.986. The molecule has 1 amide bonds. The van der Waals surface area contributed by atoms with Gasteiger partial charge >= 0.3 is 0 Å². The topological polar surface area (TPSA) is 66.0 Å². The molecule has 1 atom stereocenters. The van der Waals surface area contributed by atoms with Crippen LogP contribution in [0.1, 0.15) is 12.0 Å². The Morgan fingerprint density at radius 1 is 1.38 bits per heavy atom. The summed E-state index contributed by atoms with van der Waals surface area (Å²) in [6, 6.07) is 6.54. The molecule has 24 heavy (non-hydrogen) atoms. The number of carbonyl (C=O) groups excluding carboxylic acids is 1. The van der Waals surface area contributed by atoms with Gasteiger partial charge in [0.15, 0.2) is 5.96 Å². The maximum absolute atomic E-state index is 13.7. The maximum Gasteiger partial charge on any atom is 0.241 e. The Morgan fingerprint density at radius 3 is 2.83 bits per heavy atom. The molecule has 2 rings (SSSR count). The third-order valence-corrected chi connectivity index (χ3v) is 3.85. The number of carbonyl (C=O) groups is 1. The Kier molecular flexibility index (Phi) is 6.99. The van der Waals surface area contributed by atoms with E-state index in [9.17, 15) is 9.18 Å². The molecule has 1 unspecified atom stereocenters. The smallest absolute Gasteiger partial charge is 0.241 e. The Hall–Kier alpha value is -2.15. The van der Waals surface area contributed by atoms with Gasteiger partial charge in [-0.2, -0.15) is 0 Å². The quantitative estimate of drug-likeness (QED) is 0.600. The lowest BCUT2D eigenvalue weighted by molar-refractivity contribution is -0.127. The van der Waals surface area contributed by atoms with Crippen LogP contribution in [0.3, 0.4) is 0 Å². The van der Waals surface area contributed by atoms with Crippen molar-refractivity contribution in [2.75, 3.05) is 40.4 Å². The third kappa shape index (κ3) is 5.81. The van der Waals surface area contributed by atoms with Crippen LogP contribution in [0.15, 0.2) is 29.3 Å². The molecule has 0 radical (unpaired) electrons. The predicted molar refractivity (Wildman–Crippen MR) is 91.2 cm³/mol. The van der Waals surface area contributed by atoms with Crippen molar-refractivity contribution < 1.29 is 13.9 Å². The maximum atomic E-state index is 13.7. The van der Waals surface area contributed by atoms with Crippen LogP contribution in [0.4, 0.5) is 4.39 Å². The van der Waals surface area contributed by atoms with Gasteiger partial charge in [0, 0.05) is 38.7 Å². The first-order valence-electron chi connectivity index (χ1n) is 8.09. The number of hydrogen-bond donors (Lipinski definition) is 2. The number of rotatable bonds is 6. The number of benzene rings is 1. The number of nitrogens with one attached hydrogen (secondary N) is 2. The zero-order valence-corrected chi connectivity index (χ0v) is 14.2. The van der Waals surface area contributed by atoms with Crippen LogP contribution in [0.25, 0.3) is 0 Å². The van der Waals surface area contributed by atoms with Crippen molar-refractivity contribution in [3.05, 3.63) is 35.6 Å². The van der Waals surface area contributed by atoms with E-state index in [1.807, 2.05) is 0 Å². The summed E-state index contributed by atoms with van der Waals surface area (Å²) in [5.74, 6) is 0.587. The van der Waals surface area contributed by atoms with Gasteiger partial charge in [0.1, 0.15) is 5.82 Å². The summed E-state index contributed by atoms with van der Waals surface area (Å²) >= 11 is 0. The van der Waals surface area contributed by atoms with E-state index in [1.54, 1.807) is 32.3 Å². The van der Waals surface area contributed by atoms with Crippen LogP contribution < -0.4 is 10.6 Å². The van der Waals surface area contributed by atoms with E-state index in [-0.39, 0.29) is 24.8 Å². The van der Waals surface area contributed by atoms with E-state index >= 15 is 0 Å². The highest BCUT2D eigenvalue weighted by Crippen LogP contribution is 2.11. The molecule has 0 aromatic heterocycles. The summed E-state index contributed by atoms with van der Waals surface area (Å²) in [6.45, 7) is 2.56. The summed E-state index contributed by atoms with van der Waals surface area (Å²) in [6.07, 6.45) is 1.00. The molecule has 1 fully saturated rings.